The zero-order chi connectivity index (χ0) is 18.7. The summed E-state index contributed by atoms with van der Waals surface area (Å²) >= 11 is 5.69. The zero-order valence-electron chi connectivity index (χ0n) is 13.7. The minimum Gasteiger partial charge on any atom is -0.471 e. The van der Waals surface area contributed by atoms with Gasteiger partial charge in [-0.05, 0) is 25.0 Å². The SMILES string of the molecule is O=C(O)N1CCC(c2ncc(F)c(OCc3ccc(Cl)cc3F)n2)CC1. The van der Waals surface area contributed by atoms with Crippen molar-refractivity contribution in [3.63, 3.8) is 0 Å². The van der Waals surface area contributed by atoms with Gasteiger partial charge in [-0.3, -0.25) is 0 Å². The Morgan fingerprint density at radius 1 is 1.31 bits per heavy atom. The van der Waals surface area contributed by atoms with E-state index in [1.54, 1.807) is 0 Å². The fourth-order valence-corrected chi connectivity index (χ4v) is 2.93. The molecule has 2 aromatic rings. The van der Waals surface area contributed by atoms with Crippen molar-refractivity contribution in [3.05, 3.63) is 52.4 Å². The molecule has 9 heteroatoms. The van der Waals surface area contributed by atoms with E-state index in [4.69, 9.17) is 21.4 Å². The quantitative estimate of drug-likeness (QED) is 0.868. The molecule has 0 aliphatic carbocycles. The van der Waals surface area contributed by atoms with Crippen LogP contribution in [0.1, 0.15) is 30.1 Å². The van der Waals surface area contributed by atoms with Gasteiger partial charge >= 0.3 is 6.09 Å². The summed E-state index contributed by atoms with van der Waals surface area (Å²) in [6.07, 6.45) is 1.14. The van der Waals surface area contributed by atoms with E-state index in [0.29, 0.717) is 31.8 Å². The summed E-state index contributed by atoms with van der Waals surface area (Å²) in [5.41, 5.74) is 0.226. The number of benzene rings is 1. The molecule has 0 atom stereocenters. The monoisotopic (exact) mass is 383 g/mol. The van der Waals surface area contributed by atoms with Crippen molar-refractivity contribution in [2.45, 2.75) is 25.4 Å². The van der Waals surface area contributed by atoms with Crippen molar-refractivity contribution in [2.24, 2.45) is 0 Å². The normalized spacial score (nSPS) is 15.1. The number of rotatable bonds is 4. The van der Waals surface area contributed by atoms with Crippen LogP contribution in [0.4, 0.5) is 13.6 Å². The van der Waals surface area contributed by atoms with Crippen LogP contribution in [0, 0.1) is 11.6 Å². The number of aromatic nitrogens is 2. The van der Waals surface area contributed by atoms with E-state index in [-0.39, 0.29) is 29.0 Å². The molecule has 1 aromatic carbocycles. The second-order valence-electron chi connectivity index (χ2n) is 5.95. The lowest BCUT2D eigenvalue weighted by Crippen LogP contribution is -2.37. The Balaban J connectivity index is 1.69. The third kappa shape index (κ3) is 4.19. The Kier molecular flexibility index (Phi) is 5.51. The molecule has 1 amide bonds. The Labute approximate surface area is 153 Å². The third-order valence-electron chi connectivity index (χ3n) is 4.24. The summed E-state index contributed by atoms with van der Waals surface area (Å²) in [5.74, 6) is -1.24. The number of likely N-dealkylation sites (tertiary alicyclic amines) is 1. The maximum absolute atomic E-state index is 13.9. The molecule has 0 spiro atoms. The van der Waals surface area contributed by atoms with Crippen LogP contribution in [0.2, 0.25) is 5.02 Å². The van der Waals surface area contributed by atoms with Crippen molar-refractivity contribution in [2.75, 3.05) is 13.1 Å². The van der Waals surface area contributed by atoms with E-state index in [1.165, 1.54) is 17.0 Å². The number of carboxylic acid groups (broad SMARTS) is 1. The average molecular weight is 384 g/mol. The molecular weight excluding hydrogens is 368 g/mol. The first kappa shape index (κ1) is 18.3. The summed E-state index contributed by atoms with van der Waals surface area (Å²) in [4.78, 5) is 20.4. The topological polar surface area (TPSA) is 75.5 Å². The van der Waals surface area contributed by atoms with Gasteiger partial charge in [-0.2, -0.15) is 9.37 Å². The molecule has 1 saturated heterocycles. The van der Waals surface area contributed by atoms with E-state index in [0.717, 1.165) is 12.3 Å². The highest BCUT2D eigenvalue weighted by Crippen LogP contribution is 2.27. The maximum Gasteiger partial charge on any atom is 0.407 e. The van der Waals surface area contributed by atoms with Crippen LogP contribution in [0.25, 0.3) is 0 Å². The van der Waals surface area contributed by atoms with Crippen molar-refractivity contribution in [1.29, 1.82) is 0 Å². The first-order valence-corrected chi connectivity index (χ1v) is 8.39. The highest BCUT2D eigenvalue weighted by molar-refractivity contribution is 6.30. The van der Waals surface area contributed by atoms with Crippen molar-refractivity contribution in [3.8, 4) is 5.88 Å². The molecule has 1 aliphatic heterocycles. The highest BCUT2D eigenvalue weighted by Gasteiger charge is 2.26. The lowest BCUT2D eigenvalue weighted by Gasteiger charge is -2.29. The largest absolute Gasteiger partial charge is 0.471 e. The van der Waals surface area contributed by atoms with Gasteiger partial charge < -0.3 is 14.7 Å². The molecule has 2 heterocycles. The molecule has 0 bridgehead atoms. The fourth-order valence-electron chi connectivity index (χ4n) is 2.78. The van der Waals surface area contributed by atoms with Gasteiger partial charge in [0.1, 0.15) is 18.2 Å². The van der Waals surface area contributed by atoms with E-state index in [2.05, 4.69) is 9.97 Å². The molecule has 0 saturated carbocycles. The van der Waals surface area contributed by atoms with Gasteiger partial charge in [0.25, 0.3) is 5.88 Å². The molecular formula is C17H16ClF2N3O3. The van der Waals surface area contributed by atoms with E-state index < -0.39 is 17.7 Å². The molecule has 6 nitrogen and oxygen atoms in total. The van der Waals surface area contributed by atoms with Gasteiger partial charge in [0.2, 0.25) is 5.82 Å². The minimum atomic E-state index is -0.961. The number of hydrogen-bond donors (Lipinski definition) is 1. The number of ether oxygens (including phenoxy) is 1. The van der Waals surface area contributed by atoms with Crippen molar-refractivity contribution >= 4 is 17.7 Å². The number of hydrogen-bond acceptors (Lipinski definition) is 4. The molecule has 1 aliphatic rings. The minimum absolute atomic E-state index is 0.0826. The second kappa shape index (κ2) is 7.82. The van der Waals surface area contributed by atoms with Crippen LogP contribution >= 0.6 is 11.6 Å². The molecule has 138 valence electrons. The fraction of sp³-hybridized carbons (Fsp3) is 0.353. The van der Waals surface area contributed by atoms with Gasteiger partial charge in [-0.25, -0.2) is 14.2 Å². The Morgan fingerprint density at radius 2 is 2.04 bits per heavy atom. The Bertz CT molecular complexity index is 814. The third-order valence-corrected chi connectivity index (χ3v) is 4.48. The van der Waals surface area contributed by atoms with Crippen LogP contribution in [-0.4, -0.2) is 39.2 Å². The zero-order valence-corrected chi connectivity index (χ0v) is 14.4. The van der Waals surface area contributed by atoms with Gasteiger partial charge in [-0.1, -0.05) is 17.7 Å². The number of nitrogens with zero attached hydrogens (tertiary/aromatic N) is 3. The molecule has 0 unspecified atom stereocenters. The summed E-state index contributed by atoms with van der Waals surface area (Å²) in [6.45, 7) is 0.535. The predicted molar refractivity (Wildman–Crippen MR) is 89.3 cm³/mol. The second-order valence-corrected chi connectivity index (χ2v) is 6.39. The van der Waals surface area contributed by atoms with E-state index >= 15 is 0 Å². The van der Waals surface area contributed by atoms with Crippen LogP contribution in [-0.2, 0) is 6.61 Å². The van der Waals surface area contributed by atoms with Crippen LogP contribution < -0.4 is 4.74 Å². The van der Waals surface area contributed by atoms with Gasteiger partial charge in [0.05, 0.1) is 6.20 Å². The molecule has 3 rings (SSSR count). The van der Waals surface area contributed by atoms with E-state index in [9.17, 15) is 13.6 Å². The van der Waals surface area contributed by atoms with Crippen LogP contribution in [0.3, 0.4) is 0 Å². The molecule has 1 aromatic heterocycles. The first-order chi connectivity index (χ1) is 12.4. The number of halogens is 3. The van der Waals surface area contributed by atoms with Crippen molar-refractivity contribution in [1.82, 2.24) is 14.9 Å². The van der Waals surface area contributed by atoms with Crippen LogP contribution in [0.15, 0.2) is 24.4 Å². The Morgan fingerprint density at radius 3 is 2.69 bits per heavy atom. The van der Waals surface area contributed by atoms with Gasteiger partial charge in [0.15, 0.2) is 0 Å². The number of carbonyl (C=O) groups is 1. The van der Waals surface area contributed by atoms with Gasteiger partial charge in [0, 0.05) is 29.6 Å². The average Bonchev–Trinajstić information content (AvgIpc) is 2.62. The molecule has 26 heavy (non-hydrogen) atoms. The smallest absolute Gasteiger partial charge is 0.407 e. The summed E-state index contributed by atoms with van der Waals surface area (Å²) in [6, 6.07) is 4.12. The highest BCUT2D eigenvalue weighted by atomic mass is 35.5. The standard InChI is InChI=1S/C17H16ClF2N3O3/c18-12-2-1-11(13(19)7-12)9-26-16-14(20)8-21-15(22-16)10-3-5-23(6-4-10)17(24)25/h1-2,7-8,10H,3-6,9H2,(H,24,25). The molecule has 1 N–H and O–H groups in total. The predicted octanol–water partition coefficient (Wildman–Crippen LogP) is 3.84. The first-order valence-electron chi connectivity index (χ1n) is 8.01. The van der Waals surface area contributed by atoms with Gasteiger partial charge in [-0.15, -0.1) is 0 Å². The summed E-state index contributed by atoms with van der Waals surface area (Å²) in [5, 5.41) is 9.24. The maximum atomic E-state index is 13.9. The van der Waals surface area contributed by atoms with Crippen molar-refractivity contribution < 1.29 is 23.4 Å². The summed E-state index contributed by atoms with van der Waals surface area (Å²) in [7, 11) is 0. The molecule has 1 fully saturated rings. The lowest BCUT2D eigenvalue weighted by molar-refractivity contribution is 0.131. The lowest BCUT2D eigenvalue weighted by atomic mass is 9.96. The number of piperidine rings is 1. The Hall–Kier alpha value is -2.48. The number of amides is 1. The summed E-state index contributed by atoms with van der Waals surface area (Å²) < 4.78 is 33.0. The van der Waals surface area contributed by atoms with E-state index in [1.807, 2.05) is 0 Å². The molecule has 0 radical (unpaired) electrons. The van der Waals surface area contributed by atoms with Crippen LogP contribution in [0.5, 0.6) is 5.88 Å².